The van der Waals surface area contributed by atoms with Crippen molar-refractivity contribution in [2.75, 3.05) is 17.9 Å². The average Bonchev–Trinajstić information content (AvgIpc) is 3.34. The van der Waals surface area contributed by atoms with Crippen LogP contribution in [0.25, 0.3) is 11.4 Å². The minimum Gasteiger partial charge on any atom is -0.454 e. The molecule has 28 heavy (non-hydrogen) atoms. The topological polar surface area (TPSA) is 78.3 Å². The molecule has 0 saturated heterocycles. The van der Waals surface area contributed by atoms with Gasteiger partial charge in [0.2, 0.25) is 12.7 Å². The molecule has 0 aliphatic carbocycles. The third-order valence-corrected chi connectivity index (χ3v) is 5.02. The van der Waals surface area contributed by atoms with Crippen LogP contribution in [0.5, 0.6) is 11.5 Å². The van der Waals surface area contributed by atoms with E-state index in [9.17, 15) is 4.79 Å². The lowest BCUT2D eigenvalue weighted by Crippen LogP contribution is -2.14. The number of ether oxygens (including phenoxy) is 2. The van der Waals surface area contributed by atoms with Crippen molar-refractivity contribution in [2.24, 2.45) is 0 Å². The standard InChI is InChI=1S/C20H18N4O3S/c1-2-10-24-19(14-8-9-16-17(11-14)27-13-26-16)22-23-20(24)28-12-18(25)21-15-6-4-3-5-7-15/h2-9,11H,1,10,12-13H2,(H,21,25). The van der Waals surface area contributed by atoms with Gasteiger partial charge in [0, 0.05) is 17.8 Å². The Labute approximate surface area is 166 Å². The number of hydrogen-bond donors (Lipinski definition) is 1. The first-order valence-corrected chi connectivity index (χ1v) is 9.65. The number of aromatic nitrogens is 3. The largest absolute Gasteiger partial charge is 0.454 e. The maximum absolute atomic E-state index is 12.2. The summed E-state index contributed by atoms with van der Waals surface area (Å²) in [4.78, 5) is 12.2. The van der Waals surface area contributed by atoms with Crippen LogP contribution in [-0.4, -0.2) is 33.2 Å². The molecule has 0 radical (unpaired) electrons. The molecular weight excluding hydrogens is 376 g/mol. The van der Waals surface area contributed by atoms with Gasteiger partial charge in [0.05, 0.1) is 5.75 Å². The third-order valence-electron chi connectivity index (χ3n) is 4.05. The molecule has 1 aliphatic rings. The molecule has 1 N–H and O–H groups in total. The summed E-state index contributed by atoms with van der Waals surface area (Å²) in [6, 6.07) is 15.0. The Morgan fingerprint density at radius 1 is 1.18 bits per heavy atom. The van der Waals surface area contributed by atoms with Crippen molar-refractivity contribution in [3.05, 3.63) is 61.2 Å². The van der Waals surface area contributed by atoms with Crippen LogP contribution in [0.3, 0.4) is 0 Å². The number of carbonyl (C=O) groups is 1. The normalized spacial score (nSPS) is 12.0. The van der Waals surface area contributed by atoms with Crippen LogP contribution < -0.4 is 14.8 Å². The summed E-state index contributed by atoms with van der Waals surface area (Å²) >= 11 is 1.33. The molecule has 3 aromatic rings. The number of fused-ring (bicyclic) bond motifs is 1. The predicted octanol–water partition coefficient (Wildman–Crippen LogP) is 3.59. The van der Waals surface area contributed by atoms with Crippen molar-refractivity contribution in [1.82, 2.24) is 14.8 Å². The van der Waals surface area contributed by atoms with Gasteiger partial charge in [-0.1, -0.05) is 36.0 Å². The number of para-hydroxylation sites is 1. The molecule has 2 heterocycles. The first-order valence-electron chi connectivity index (χ1n) is 8.66. The number of carbonyl (C=O) groups excluding carboxylic acids is 1. The van der Waals surface area contributed by atoms with Crippen LogP contribution in [-0.2, 0) is 11.3 Å². The fourth-order valence-corrected chi connectivity index (χ4v) is 3.53. The van der Waals surface area contributed by atoms with E-state index in [1.165, 1.54) is 11.8 Å². The Morgan fingerprint density at radius 2 is 2.00 bits per heavy atom. The Balaban J connectivity index is 1.50. The predicted molar refractivity (Wildman–Crippen MR) is 108 cm³/mol. The minimum atomic E-state index is -0.103. The van der Waals surface area contributed by atoms with Gasteiger partial charge in [-0.3, -0.25) is 9.36 Å². The molecule has 4 rings (SSSR count). The van der Waals surface area contributed by atoms with Crippen molar-refractivity contribution < 1.29 is 14.3 Å². The highest BCUT2D eigenvalue weighted by Gasteiger charge is 2.19. The maximum Gasteiger partial charge on any atom is 0.234 e. The average molecular weight is 394 g/mol. The molecule has 0 bridgehead atoms. The summed E-state index contributed by atoms with van der Waals surface area (Å²) in [6.07, 6.45) is 1.77. The van der Waals surface area contributed by atoms with Crippen molar-refractivity contribution in [3.8, 4) is 22.9 Å². The summed E-state index contributed by atoms with van der Waals surface area (Å²) in [7, 11) is 0. The monoisotopic (exact) mass is 394 g/mol. The summed E-state index contributed by atoms with van der Waals surface area (Å²) in [5, 5.41) is 12.1. The lowest BCUT2D eigenvalue weighted by molar-refractivity contribution is -0.113. The van der Waals surface area contributed by atoms with E-state index in [-0.39, 0.29) is 18.5 Å². The molecule has 1 amide bonds. The number of rotatable bonds is 7. The molecule has 0 fully saturated rings. The molecule has 1 aliphatic heterocycles. The molecule has 0 spiro atoms. The van der Waals surface area contributed by atoms with E-state index < -0.39 is 0 Å². The Bertz CT molecular complexity index is 1000. The third kappa shape index (κ3) is 3.86. The number of thioether (sulfide) groups is 1. The highest BCUT2D eigenvalue weighted by Crippen LogP contribution is 2.36. The second-order valence-electron chi connectivity index (χ2n) is 5.98. The van der Waals surface area contributed by atoms with Crippen LogP contribution in [0.15, 0.2) is 66.3 Å². The molecule has 142 valence electrons. The van der Waals surface area contributed by atoms with Crippen molar-refractivity contribution in [2.45, 2.75) is 11.7 Å². The smallest absolute Gasteiger partial charge is 0.234 e. The van der Waals surface area contributed by atoms with Gasteiger partial charge >= 0.3 is 0 Å². The highest BCUT2D eigenvalue weighted by molar-refractivity contribution is 7.99. The highest BCUT2D eigenvalue weighted by atomic mass is 32.2. The van der Waals surface area contributed by atoms with Gasteiger partial charge in [0.15, 0.2) is 22.5 Å². The van der Waals surface area contributed by atoms with Gasteiger partial charge in [0.1, 0.15) is 0 Å². The maximum atomic E-state index is 12.2. The first-order chi connectivity index (χ1) is 13.7. The zero-order chi connectivity index (χ0) is 19.3. The second-order valence-corrected chi connectivity index (χ2v) is 6.92. The Kier molecular flexibility index (Phi) is 5.29. The zero-order valence-corrected chi connectivity index (χ0v) is 15.8. The SMILES string of the molecule is C=CCn1c(SCC(=O)Nc2ccccc2)nnc1-c1ccc2c(c1)OCO2. The molecular formula is C20H18N4O3S. The first kappa shape index (κ1) is 18.1. The van der Waals surface area contributed by atoms with E-state index >= 15 is 0 Å². The van der Waals surface area contributed by atoms with Crippen LogP contribution >= 0.6 is 11.8 Å². The summed E-state index contributed by atoms with van der Waals surface area (Å²) in [5.41, 5.74) is 1.63. The van der Waals surface area contributed by atoms with E-state index in [4.69, 9.17) is 9.47 Å². The zero-order valence-electron chi connectivity index (χ0n) is 15.0. The van der Waals surface area contributed by atoms with Crippen LogP contribution in [0.1, 0.15) is 0 Å². The number of amides is 1. The van der Waals surface area contributed by atoms with Gasteiger partial charge in [-0.25, -0.2) is 0 Å². The van der Waals surface area contributed by atoms with Crippen molar-refractivity contribution >= 4 is 23.4 Å². The molecule has 0 unspecified atom stereocenters. The molecule has 0 saturated carbocycles. The summed E-state index contributed by atoms with van der Waals surface area (Å²) in [5.74, 6) is 2.21. The van der Waals surface area contributed by atoms with Gasteiger partial charge in [0.25, 0.3) is 0 Å². The van der Waals surface area contributed by atoms with E-state index in [1.807, 2.05) is 53.1 Å². The fourth-order valence-electron chi connectivity index (χ4n) is 2.79. The lowest BCUT2D eigenvalue weighted by Gasteiger charge is -2.08. The van der Waals surface area contributed by atoms with Crippen LogP contribution in [0.2, 0.25) is 0 Å². The molecule has 1 aromatic heterocycles. The lowest BCUT2D eigenvalue weighted by atomic mass is 10.2. The minimum absolute atomic E-state index is 0.103. The van der Waals surface area contributed by atoms with Crippen molar-refractivity contribution in [1.29, 1.82) is 0 Å². The van der Waals surface area contributed by atoms with Crippen LogP contribution in [0, 0.1) is 0 Å². The van der Waals surface area contributed by atoms with Gasteiger partial charge in [-0.15, -0.1) is 16.8 Å². The van der Waals surface area contributed by atoms with E-state index in [2.05, 4.69) is 22.1 Å². The number of nitrogens with zero attached hydrogens (tertiary/aromatic N) is 3. The second kappa shape index (κ2) is 8.18. The summed E-state index contributed by atoms with van der Waals surface area (Å²) < 4.78 is 12.7. The fraction of sp³-hybridized carbons (Fsp3) is 0.150. The van der Waals surface area contributed by atoms with Crippen molar-refractivity contribution in [3.63, 3.8) is 0 Å². The summed E-state index contributed by atoms with van der Waals surface area (Å²) in [6.45, 7) is 4.56. The van der Waals surface area contributed by atoms with E-state index in [0.29, 0.717) is 29.0 Å². The number of nitrogens with one attached hydrogen (secondary N) is 1. The number of benzene rings is 2. The number of hydrogen-bond acceptors (Lipinski definition) is 6. The Morgan fingerprint density at radius 3 is 2.82 bits per heavy atom. The van der Waals surface area contributed by atoms with E-state index in [1.54, 1.807) is 6.08 Å². The number of anilines is 1. The van der Waals surface area contributed by atoms with E-state index in [0.717, 1.165) is 11.3 Å². The molecule has 7 nitrogen and oxygen atoms in total. The Hall–Kier alpha value is -3.26. The van der Waals surface area contributed by atoms with Gasteiger partial charge < -0.3 is 14.8 Å². The van der Waals surface area contributed by atoms with Gasteiger partial charge in [-0.05, 0) is 30.3 Å². The molecule has 8 heteroatoms. The van der Waals surface area contributed by atoms with Gasteiger partial charge in [-0.2, -0.15) is 0 Å². The van der Waals surface area contributed by atoms with Crippen LogP contribution in [0.4, 0.5) is 5.69 Å². The molecule has 2 aromatic carbocycles. The number of allylic oxidation sites excluding steroid dienone is 1. The molecule has 0 atom stereocenters. The quantitative estimate of drug-likeness (QED) is 0.487.